The van der Waals surface area contributed by atoms with Gasteiger partial charge in [-0.3, -0.25) is 4.79 Å². The summed E-state index contributed by atoms with van der Waals surface area (Å²) in [6.45, 7) is 3.83. The van der Waals surface area contributed by atoms with Gasteiger partial charge in [0.15, 0.2) is 0 Å². The lowest BCUT2D eigenvalue weighted by Crippen LogP contribution is -2.34. The molecule has 2 nitrogen and oxygen atoms in total. The van der Waals surface area contributed by atoms with E-state index in [0.717, 1.165) is 31.3 Å². The topological polar surface area (TPSA) is 20.3 Å². The average molecular weight is 262 g/mol. The Morgan fingerprint density at radius 1 is 1.50 bits per heavy atom. The standard InChI is InChI=1S/C11H20BrNO/c1-2-13(8-4-7-12)11(14)9-10-5-3-6-10/h10H,2-9H2,1H3. The van der Waals surface area contributed by atoms with Crippen LogP contribution in [0.15, 0.2) is 0 Å². The molecule has 0 unspecified atom stereocenters. The van der Waals surface area contributed by atoms with E-state index in [4.69, 9.17) is 0 Å². The molecule has 0 heterocycles. The number of carbonyl (C=O) groups is 1. The maximum atomic E-state index is 11.8. The van der Waals surface area contributed by atoms with Crippen molar-refractivity contribution in [3.8, 4) is 0 Å². The average Bonchev–Trinajstić information content (AvgIpc) is 2.13. The first-order valence-electron chi connectivity index (χ1n) is 5.61. The van der Waals surface area contributed by atoms with Crippen molar-refractivity contribution in [1.29, 1.82) is 0 Å². The molecule has 1 aliphatic rings. The highest BCUT2D eigenvalue weighted by Crippen LogP contribution is 2.29. The molecule has 0 aromatic carbocycles. The Hall–Kier alpha value is -0.0500. The monoisotopic (exact) mass is 261 g/mol. The van der Waals surface area contributed by atoms with Crippen LogP contribution in [0.4, 0.5) is 0 Å². The molecule has 0 aliphatic heterocycles. The molecular weight excluding hydrogens is 242 g/mol. The van der Waals surface area contributed by atoms with E-state index in [1.54, 1.807) is 0 Å². The summed E-state index contributed by atoms with van der Waals surface area (Å²) >= 11 is 3.39. The van der Waals surface area contributed by atoms with Gasteiger partial charge in [0.2, 0.25) is 5.91 Å². The third kappa shape index (κ3) is 3.60. The van der Waals surface area contributed by atoms with Gasteiger partial charge >= 0.3 is 0 Å². The molecule has 1 saturated carbocycles. The minimum Gasteiger partial charge on any atom is -0.343 e. The number of alkyl halides is 1. The minimum atomic E-state index is 0.359. The largest absolute Gasteiger partial charge is 0.343 e. The SMILES string of the molecule is CCN(CCCBr)C(=O)CC1CCC1. The van der Waals surface area contributed by atoms with Gasteiger partial charge in [0.25, 0.3) is 0 Å². The molecule has 1 amide bonds. The Kier molecular flexibility index (Phi) is 5.53. The van der Waals surface area contributed by atoms with Crippen molar-refractivity contribution in [1.82, 2.24) is 4.90 Å². The maximum Gasteiger partial charge on any atom is 0.222 e. The van der Waals surface area contributed by atoms with Crippen LogP contribution < -0.4 is 0 Å². The van der Waals surface area contributed by atoms with Gasteiger partial charge in [-0.05, 0) is 32.1 Å². The van der Waals surface area contributed by atoms with Gasteiger partial charge in [0.1, 0.15) is 0 Å². The van der Waals surface area contributed by atoms with Crippen molar-refractivity contribution in [3.63, 3.8) is 0 Å². The van der Waals surface area contributed by atoms with Crippen LogP contribution in [0, 0.1) is 5.92 Å². The molecule has 0 spiro atoms. The Morgan fingerprint density at radius 2 is 2.21 bits per heavy atom. The molecule has 1 fully saturated rings. The molecule has 0 atom stereocenters. The van der Waals surface area contributed by atoms with E-state index in [1.165, 1.54) is 19.3 Å². The molecule has 0 saturated heterocycles. The summed E-state index contributed by atoms with van der Waals surface area (Å²) in [7, 11) is 0. The van der Waals surface area contributed by atoms with Crippen molar-refractivity contribution in [2.75, 3.05) is 18.4 Å². The second-order valence-electron chi connectivity index (χ2n) is 4.02. The number of hydrogen-bond donors (Lipinski definition) is 0. The summed E-state index contributed by atoms with van der Waals surface area (Å²) in [4.78, 5) is 13.8. The van der Waals surface area contributed by atoms with Crippen molar-refractivity contribution in [2.45, 2.75) is 39.0 Å². The second kappa shape index (κ2) is 6.44. The zero-order chi connectivity index (χ0) is 10.4. The molecule has 3 heteroatoms. The number of carbonyl (C=O) groups excluding carboxylic acids is 1. The Balaban J connectivity index is 2.23. The van der Waals surface area contributed by atoms with Crippen LogP contribution >= 0.6 is 15.9 Å². The molecule has 1 rings (SSSR count). The first-order chi connectivity index (χ1) is 6.77. The molecule has 0 radical (unpaired) electrons. The van der Waals surface area contributed by atoms with Crippen molar-refractivity contribution in [2.24, 2.45) is 5.92 Å². The fourth-order valence-corrected chi connectivity index (χ4v) is 2.03. The first-order valence-corrected chi connectivity index (χ1v) is 6.73. The highest BCUT2D eigenvalue weighted by molar-refractivity contribution is 9.09. The fraction of sp³-hybridized carbons (Fsp3) is 0.909. The molecule has 82 valence electrons. The molecular formula is C11H20BrNO. The quantitative estimate of drug-likeness (QED) is 0.674. The third-order valence-corrected chi connectivity index (χ3v) is 3.54. The zero-order valence-electron chi connectivity index (χ0n) is 8.97. The Bertz CT molecular complexity index is 180. The normalized spacial score (nSPS) is 16.4. The number of rotatable bonds is 6. The van der Waals surface area contributed by atoms with E-state index >= 15 is 0 Å². The summed E-state index contributed by atoms with van der Waals surface area (Å²) in [5.41, 5.74) is 0. The van der Waals surface area contributed by atoms with Gasteiger partial charge in [0.05, 0.1) is 0 Å². The van der Waals surface area contributed by atoms with Crippen LogP contribution in [0.3, 0.4) is 0 Å². The molecule has 0 aromatic heterocycles. The van der Waals surface area contributed by atoms with Gasteiger partial charge in [0, 0.05) is 24.8 Å². The minimum absolute atomic E-state index is 0.359. The number of halogens is 1. The molecule has 0 bridgehead atoms. The smallest absolute Gasteiger partial charge is 0.222 e. The maximum absolute atomic E-state index is 11.8. The second-order valence-corrected chi connectivity index (χ2v) is 4.81. The fourth-order valence-electron chi connectivity index (χ4n) is 1.78. The van der Waals surface area contributed by atoms with E-state index < -0.39 is 0 Å². The number of amides is 1. The van der Waals surface area contributed by atoms with Crippen molar-refractivity contribution >= 4 is 21.8 Å². The third-order valence-electron chi connectivity index (χ3n) is 2.98. The van der Waals surface area contributed by atoms with Crippen molar-refractivity contribution < 1.29 is 4.79 Å². The lowest BCUT2D eigenvalue weighted by atomic mass is 9.82. The Labute approximate surface area is 95.2 Å². The summed E-state index contributed by atoms with van der Waals surface area (Å²) in [5.74, 6) is 1.05. The van der Waals surface area contributed by atoms with Crippen LogP contribution in [0.1, 0.15) is 39.0 Å². The van der Waals surface area contributed by atoms with Crippen LogP contribution in [0.5, 0.6) is 0 Å². The molecule has 14 heavy (non-hydrogen) atoms. The predicted molar refractivity (Wildman–Crippen MR) is 62.6 cm³/mol. The molecule has 0 aromatic rings. The van der Waals surface area contributed by atoms with E-state index in [2.05, 4.69) is 22.9 Å². The first kappa shape index (κ1) is 12.0. The van der Waals surface area contributed by atoms with Crippen LogP contribution in [0.25, 0.3) is 0 Å². The highest BCUT2D eigenvalue weighted by atomic mass is 79.9. The van der Waals surface area contributed by atoms with Crippen LogP contribution in [-0.4, -0.2) is 29.2 Å². The summed E-state index contributed by atoms with van der Waals surface area (Å²) in [5, 5.41) is 0.986. The zero-order valence-corrected chi connectivity index (χ0v) is 10.6. The molecule has 1 aliphatic carbocycles. The lowest BCUT2D eigenvalue weighted by Gasteiger charge is -2.28. The van der Waals surface area contributed by atoms with Crippen LogP contribution in [0.2, 0.25) is 0 Å². The molecule has 0 N–H and O–H groups in total. The van der Waals surface area contributed by atoms with Gasteiger partial charge in [-0.15, -0.1) is 0 Å². The van der Waals surface area contributed by atoms with E-state index in [1.807, 2.05) is 4.90 Å². The van der Waals surface area contributed by atoms with Gasteiger partial charge in [-0.1, -0.05) is 22.4 Å². The van der Waals surface area contributed by atoms with Gasteiger partial charge in [-0.2, -0.15) is 0 Å². The van der Waals surface area contributed by atoms with Gasteiger partial charge < -0.3 is 4.90 Å². The van der Waals surface area contributed by atoms with E-state index in [0.29, 0.717) is 11.8 Å². The van der Waals surface area contributed by atoms with Crippen molar-refractivity contribution in [3.05, 3.63) is 0 Å². The highest BCUT2D eigenvalue weighted by Gasteiger charge is 2.22. The van der Waals surface area contributed by atoms with Gasteiger partial charge in [-0.25, -0.2) is 0 Å². The lowest BCUT2D eigenvalue weighted by molar-refractivity contribution is -0.132. The summed E-state index contributed by atoms with van der Waals surface area (Å²) < 4.78 is 0. The van der Waals surface area contributed by atoms with Crippen LogP contribution in [-0.2, 0) is 4.79 Å². The summed E-state index contributed by atoms with van der Waals surface area (Å²) in [6.07, 6.45) is 5.70. The predicted octanol–water partition coefficient (Wildman–Crippen LogP) is 2.81. The Morgan fingerprint density at radius 3 is 2.64 bits per heavy atom. The number of nitrogens with zero attached hydrogens (tertiary/aromatic N) is 1. The number of hydrogen-bond acceptors (Lipinski definition) is 1. The van der Waals surface area contributed by atoms with E-state index in [-0.39, 0.29) is 0 Å². The summed E-state index contributed by atoms with van der Waals surface area (Å²) in [6, 6.07) is 0. The van der Waals surface area contributed by atoms with E-state index in [9.17, 15) is 4.79 Å².